The van der Waals surface area contributed by atoms with E-state index >= 15 is 0 Å². The number of rotatable bonds is 5. The Kier molecular flexibility index (Phi) is 4.75. The Bertz CT molecular complexity index is 360. The predicted octanol–water partition coefficient (Wildman–Crippen LogP) is 1.56. The van der Waals surface area contributed by atoms with Gasteiger partial charge in [-0.15, -0.1) is 0 Å². The molecule has 0 unspecified atom stereocenters. The topological polar surface area (TPSA) is 59.0 Å². The molecule has 0 aliphatic heterocycles. The van der Waals surface area contributed by atoms with Crippen LogP contribution in [0.3, 0.4) is 0 Å². The molecule has 0 saturated heterocycles. The summed E-state index contributed by atoms with van der Waals surface area (Å²) >= 11 is 0. The molecular weight excluding hydrogens is 195 g/mol. The van der Waals surface area contributed by atoms with Gasteiger partial charge in [0, 0.05) is 6.61 Å². The lowest BCUT2D eigenvalue weighted by molar-refractivity contribution is 0.120. The van der Waals surface area contributed by atoms with Gasteiger partial charge >= 0.3 is 0 Å². The molecule has 2 N–H and O–H groups in total. The van der Waals surface area contributed by atoms with E-state index in [4.69, 9.17) is 15.7 Å². The Hall–Kier alpha value is -1.44. The monoisotopic (exact) mass is 208 g/mol. The normalized spacial score (nSPS) is 9.93. The Labute approximate surface area is 88.3 Å². The first-order valence-corrected chi connectivity index (χ1v) is 4.74. The number of benzene rings is 1. The molecule has 1 aromatic rings. The molecule has 1 rings (SSSR count). The summed E-state index contributed by atoms with van der Waals surface area (Å²) in [6.45, 7) is 1.55. The van der Waals surface area contributed by atoms with E-state index in [2.05, 4.69) is 0 Å². The van der Waals surface area contributed by atoms with Crippen molar-refractivity contribution in [1.82, 2.24) is 0 Å². The standard InChI is InChI=1S/C11H13FN2O/c12-11-3-2-9(6-10(11)7-14)8-15-5-1-4-13/h2-3,6H,1,4-5,8,13H2. The number of hydrogen-bond acceptors (Lipinski definition) is 3. The summed E-state index contributed by atoms with van der Waals surface area (Å²) in [7, 11) is 0. The third-order valence-electron chi connectivity index (χ3n) is 1.91. The third kappa shape index (κ3) is 3.66. The van der Waals surface area contributed by atoms with Crippen LogP contribution in [0.5, 0.6) is 0 Å². The van der Waals surface area contributed by atoms with E-state index in [1.165, 1.54) is 12.1 Å². The summed E-state index contributed by atoms with van der Waals surface area (Å²) in [5.41, 5.74) is 6.15. The molecule has 80 valence electrons. The second-order valence-electron chi connectivity index (χ2n) is 3.12. The molecule has 0 bridgehead atoms. The van der Waals surface area contributed by atoms with Crippen molar-refractivity contribution in [3.05, 3.63) is 35.1 Å². The first kappa shape index (κ1) is 11.6. The molecule has 0 radical (unpaired) electrons. The van der Waals surface area contributed by atoms with Crippen molar-refractivity contribution in [1.29, 1.82) is 5.26 Å². The van der Waals surface area contributed by atoms with Crippen LogP contribution in [0, 0.1) is 17.1 Å². The molecule has 4 heteroatoms. The number of halogens is 1. The molecule has 0 amide bonds. The van der Waals surface area contributed by atoms with Gasteiger partial charge in [-0.05, 0) is 30.7 Å². The molecule has 0 heterocycles. The Morgan fingerprint density at radius 1 is 1.47 bits per heavy atom. The van der Waals surface area contributed by atoms with E-state index < -0.39 is 5.82 Å². The van der Waals surface area contributed by atoms with Crippen molar-refractivity contribution < 1.29 is 9.13 Å². The maximum atomic E-state index is 12.9. The van der Waals surface area contributed by atoms with Crippen LogP contribution in [0.2, 0.25) is 0 Å². The van der Waals surface area contributed by atoms with Gasteiger partial charge in [-0.3, -0.25) is 0 Å². The number of nitriles is 1. The molecule has 0 fully saturated rings. The van der Waals surface area contributed by atoms with E-state index in [-0.39, 0.29) is 5.56 Å². The highest BCUT2D eigenvalue weighted by atomic mass is 19.1. The summed E-state index contributed by atoms with van der Waals surface area (Å²) in [6.07, 6.45) is 0.798. The zero-order valence-corrected chi connectivity index (χ0v) is 8.37. The molecule has 0 aromatic heterocycles. The molecule has 0 saturated carbocycles. The van der Waals surface area contributed by atoms with E-state index in [9.17, 15) is 4.39 Å². The van der Waals surface area contributed by atoms with E-state index in [0.29, 0.717) is 19.8 Å². The van der Waals surface area contributed by atoms with Gasteiger partial charge in [0.25, 0.3) is 0 Å². The molecule has 0 aliphatic rings. The highest BCUT2D eigenvalue weighted by Gasteiger charge is 2.02. The van der Waals surface area contributed by atoms with Crippen molar-refractivity contribution in [3.8, 4) is 6.07 Å². The van der Waals surface area contributed by atoms with Crippen LogP contribution >= 0.6 is 0 Å². The highest BCUT2D eigenvalue weighted by Crippen LogP contribution is 2.10. The molecule has 3 nitrogen and oxygen atoms in total. The van der Waals surface area contributed by atoms with E-state index in [0.717, 1.165) is 12.0 Å². The summed E-state index contributed by atoms with van der Waals surface area (Å²) in [5.74, 6) is -0.497. The van der Waals surface area contributed by atoms with Crippen molar-refractivity contribution in [2.24, 2.45) is 5.73 Å². The minimum Gasteiger partial charge on any atom is -0.377 e. The number of hydrogen-bond donors (Lipinski definition) is 1. The fourth-order valence-electron chi connectivity index (χ4n) is 1.12. The largest absolute Gasteiger partial charge is 0.377 e. The lowest BCUT2D eigenvalue weighted by Crippen LogP contribution is -2.04. The van der Waals surface area contributed by atoms with Crippen LogP contribution in [0.25, 0.3) is 0 Å². The Balaban J connectivity index is 2.52. The van der Waals surface area contributed by atoms with Crippen LogP contribution in [-0.4, -0.2) is 13.2 Å². The average molecular weight is 208 g/mol. The summed E-state index contributed by atoms with van der Waals surface area (Å²) < 4.78 is 18.2. The van der Waals surface area contributed by atoms with Gasteiger partial charge in [0.1, 0.15) is 11.9 Å². The smallest absolute Gasteiger partial charge is 0.140 e. The van der Waals surface area contributed by atoms with Crippen LogP contribution in [-0.2, 0) is 11.3 Å². The van der Waals surface area contributed by atoms with Gasteiger partial charge in [-0.2, -0.15) is 5.26 Å². The van der Waals surface area contributed by atoms with Crippen LogP contribution < -0.4 is 5.73 Å². The minimum atomic E-state index is -0.497. The molecular formula is C11H13FN2O. The summed E-state index contributed by atoms with van der Waals surface area (Å²) in [5, 5.41) is 8.61. The minimum absolute atomic E-state index is 0.0509. The zero-order chi connectivity index (χ0) is 11.1. The first-order valence-electron chi connectivity index (χ1n) is 4.74. The van der Waals surface area contributed by atoms with Gasteiger partial charge < -0.3 is 10.5 Å². The first-order chi connectivity index (χ1) is 7.27. The predicted molar refractivity (Wildman–Crippen MR) is 54.4 cm³/mol. The van der Waals surface area contributed by atoms with Crippen molar-refractivity contribution in [2.75, 3.05) is 13.2 Å². The van der Waals surface area contributed by atoms with Gasteiger partial charge in [0.05, 0.1) is 12.2 Å². The molecule has 1 aromatic carbocycles. The van der Waals surface area contributed by atoms with Gasteiger partial charge in [0.15, 0.2) is 0 Å². The lowest BCUT2D eigenvalue weighted by Gasteiger charge is -2.04. The van der Waals surface area contributed by atoms with Gasteiger partial charge in [-0.25, -0.2) is 4.39 Å². The highest BCUT2D eigenvalue weighted by molar-refractivity contribution is 5.34. The zero-order valence-electron chi connectivity index (χ0n) is 8.37. The quantitative estimate of drug-likeness (QED) is 0.747. The summed E-state index contributed by atoms with van der Waals surface area (Å²) in [4.78, 5) is 0. The second-order valence-corrected chi connectivity index (χ2v) is 3.12. The fourth-order valence-corrected chi connectivity index (χ4v) is 1.12. The van der Waals surface area contributed by atoms with Gasteiger partial charge in [0.2, 0.25) is 0 Å². The number of nitrogens with zero attached hydrogens (tertiary/aromatic N) is 1. The fraction of sp³-hybridized carbons (Fsp3) is 0.364. The van der Waals surface area contributed by atoms with E-state index in [1.807, 2.05) is 0 Å². The molecule has 0 aliphatic carbocycles. The van der Waals surface area contributed by atoms with E-state index in [1.54, 1.807) is 12.1 Å². The number of nitrogens with two attached hydrogens (primary N) is 1. The molecule has 0 atom stereocenters. The van der Waals surface area contributed by atoms with Crippen molar-refractivity contribution >= 4 is 0 Å². The van der Waals surface area contributed by atoms with Crippen LogP contribution in [0.4, 0.5) is 4.39 Å². The van der Waals surface area contributed by atoms with Crippen molar-refractivity contribution in [3.63, 3.8) is 0 Å². The SMILES string of the molecule is N#Cc1cc(COCCCN)ccc1F. The Morgan fingerprint density at radius 2 is 2.27 bits per heavy atom. The average Bonchev–Trinajstić information content (AvgIpc) is 2.26. The second kappa shape index (κ2) is 6.12. The summed E-state index contributed by atoms with van der Waals surface area (Å²) in [6, 6.07) is 6.17. The van der Waals surface area contributed by atoms with Crippen molar-refractivity contribution in [2.45, 2.75) is 13.0 Å². The lowest BCUT2D eigenvalue weighted by atomic mass is 10.1. The molecule has 0 spiro atoms. The van der Waals surface area contributed by atoms with Crippen LogP contribution in [0.15, 0.2) is 18.2 Å². The maximum Gasteiger partial charge on any atom is 0.140 e. The van der Waals surface area contributed by atoms with Crippen LogP contribution in [0.1, 0.15) is 17.5 Å². The molecule has 15 heavy (non-hydrogen) atoms. The maximum absolute atomic E-state index is 12.9. The van der Waals surface area contributed by atoms with Gasteiger partial charge in [-0.1, -0.05) is 6.07 Å². The number of ether oxygens (including phenoxy) is 1. The Morgan fingerprint density at radius 3 is 2.93 bits per heavy atom. The third-order valence-corrected chi connectivity index (χ3v) is 1.91.